The van der Waals surface area contributed by atoms with Gasteiger partial charge in [0.1, 0.15) is 18.0 Å². The summed E-state index contributed by atoms with van der Waals surface area (Å²) in [6.45, 7) is 0.900. The van der Waals surface area contributed by atoms with E-state index in [-0.39, 0.29) is 11.7 Å². The predicted octanol–water partition coefficient (Wildman–Crippen LogP) is 2.39. The molecule has 1 aliphatic rings. The number of amides is 1. The third-order valence-corrected chi connectivity index (χ3v) is 3.67. The number of carbonyl (C=O) groups is 1. The molecule has 0 aromatic heterocycles. The number of nitrogens with zero attached hydrogens (tertiary/aromatic N) is 2. The third-order valence-electron chi connectivity index (χ3n) is 3.67. The van der Waals surface area contributed by atoms with Gasteiger partial charge in [0.2, 0.25) is 5.91 Å². The van der Waals surface area contributed by atoms with E-state index in [4.69, 9.17) is 0 Å². The molecule has 1 atom stereocenters. The zero-order valence-electron chi connectivity index (χ0n) is 11.9. The van der Waals surface area contributed by atoms with Crippen LogP contribution in [0.4, 0.5) is 8.78 Å². The number of hydrogen-bond acceptors (Lipinski definition) is 2. The molecule has 0 spiro atoms. The summed E-state index contributed by atoms with van der Waals surface area (Å²) in [4.78, 5) is 16.1. The molecule has 1 aromatic rings. The molecule has 1 aliphatic heterocycles. The Morgan fingerprint density at radius 2 is 1.80 bits per heavy atom. The molecule has 1 amide bonds. The SMILES string of the molecule is CN(C)[C@@H](C(=O)N1CCC(F)CC1)c1ccc(F)cc1. The first-order valence-corrected chi connectivity index (χ1v) is 6.84. The lowest BCUT2D eigenvalue weighted by Crippen LogP contribution is -2.44. The zero-order chi connectivity index (χ0) is 14.7. The Morgan fingerprint density at radius 1 is 1.25 bits per heavy atom. The number of benzene rings is 1. The predicted molar refractivity (Wildman–Crippen MR) is 73.5 cm³/mol. The first kappa shape index (κ1) is 14.9. The van der Waals surface area contributed by atoms with Crippen molar-refractivity contribution in [3.8, 4) is 0 Å². The van der Waals surface area contributed by atoms with Gasteiger partial charge in [-0.2, -0.15) is 0 Å². The van der Waals surface area contributed by atoms with Crippen LogP contribution in [0.2, 0.25) is 0 Å². The van der Waals surface area contributed by atoms with Gasteiger partial charge in [0, 0.05) is 13.1 Å². The molecule has 1 heterocycles. The second-order valence-corrected chi connectivity index (χ2v) is 5.42. The lowest BCUT2D eigenvalue weighted by Gasteiger charge is -2.34. The summed E-state index contributed by atoms with van der Waals surface area (Å²) < 4.78 is 26.2. The summed E-state index contributed by atoms with van der Waals surface area (Å²) in [5, 5.41) is 0. The summed E-state index contributed by atoms with van der Waals surface area (Å²) in [6, 6.07) is 5.51. The molecule has 1 aromatic carbocycles. The summed E-state index contributed by atoms with van der Waals surface area (Å²) >= 11 is 0. The van der Waals surface area contributed by atoms with E-state index in [9.17, 15) is 13.6 Å². The molecule has 20 heavy (non-hydrogen) atoms. The Labute approximate surface area is 118 Å². The number of piperidine rings is 1. The number of alkyl halides is 1. The fourth-order valence-electron chi connectivity index (χ4n) is 2.55. The second kappa shape index (κ2) is 6.31. The van der Waals surface area contributed by atoms with E-state index in [2.05, 4.69) is 0 Å². The maximum Gasteiger partial charge on any atom is 0.244 e. The zero-order valence-corrected chi connectivity index (χ0v) is 11.9. The number of carbonyl (C=O) groups excluding carboxylic acids is 1. The molecule has 0 radical (unpaired) electrons. The van der Waals surface area contributed by atoms with Gasteiger partial charge in [0.15, 0.2) is 0 Å². The van der Waals surface area contributed by atoms with Crippen LogP contribution >= 0.6 is 0 Å². The first-order valence-electron chi connectivity index (χ1n) is 6.84. The smallest absolute Gasteiger partial charge is 0.244 e. The van der Waals surface area contributed by atoms with E-state index in [1.807, 2.05) is 14.1 Å². The summed E-state index contributed by atoms with van der Waals surface area (Å²) in [5.74, 6) is -0.370. The highest BCUT2D eigenvalue weighted by molar-refractivity contribution is 5.83. The molecular weight excluding hydrogens is 262 g/mol. The number of rotatable bonds is 3. The quantitative estimate of drug-likeness (QED) is 0.850. The Balaban J connectivity index is 2.16. The number of halogens is 2. The number of likely N-dealkylation sites (tertiary alicyclic amines) is 1. The van der Waals surface area contributed by atoms with Crippen molar-refractivity contribution < 1.29 is 13.6 Å². The van der Waals surface area contributed by atoms with Crippen LogP contribution in [0, 0.1) is 5.82 Å². The van der Waals surface area contributed by atoms with E-state index in [1.165, 1.54) is 12.1 Å². The average molecular weight is 282 g/mol. The normalized spacial score (nSPS) is 18.4. The van der Waals surface area contributed by atoms with Crippen molar-refractivity contribution in [3.63, 3.8) is 0 Å². The van der Waals surface area contributed by atoms with Crippen molar-refractivity contribution in [2.24, 2.45) is 0 Å². The van der Waals surface area contributed by atoms with E-state index in [1.54, 1.807) is 21.9 Å². The molecule has 5 heteroatoms. The van der Waals surface area contributed by atoms with Crippen LogP contribution in [0.25, 0.3) is 0 Å². The van der Waals surface area contributed by atoms with Gasteiger partial charge in [-0.1, -0.05) is 12.1 Å². The Bertz CT molecular complexity index is 453. The summed E-state index contributed by atoms with van der Waals surface area (Å²) in [7, 11) is 3.63. The Hall–Kier alpha value is -1.49. The number of likely N-dealkylation sites (N-methyl/N-ethyl adjacent to an activating group) is 1. The maximum atomic E-state index is 13.2. The van der Waals surface area contributed by atoms with Crippen molar-refractivity contribution >= 4 is 5.91 Å². The van der Waals surface area contributed by atoms with Crippen molar-refractivity contribution in [2.45, 2.75) is 25.1 Å². The van der Waals surface area contributed by atoms with Gasteiger partial charge in [-0.3, -0.25) is 9.69 Å². The molecule has 110 valence electrons. The van der Waals surface area contributed by atoms with Gasteiger partial charge in [-0.15, -0.1) is 0 Å². The molecule has 1 saturated heterocycles. The molecule has 3 nitrogen and oxygen atoms in total. The van der Waals surface area contributed by atoms with Crippen LogP contribution < -0.4 is 0 Å². The van der Waals surface area contributed by atoms with Gasteiger partial charge in [-0.05, 0) is 44.6 Å². The van der Waals surface area contributed by atoms with Gasteiger partial charge < -0.3 is 4.90 Å². The van der Waals surface area contributed by atoms with E-state index in [0.717, 1.165) is 5.56 Å². The molecule has 2 rings (SSSR count). The van der Waals surface area contributed by atoms with E-state index >= 15 is 0 Å². The Morgan fingerprint density at radius 3 is 2.30 bits per heavy atom. The lowest BCUT2D eigenvalue weighted by molar-refractivity contribution is -0.137. The topological polar surface area (TPSA) is 23.6 Å². The van der Waals surface area contributed by atoms with Crippen molar-refractivity contribution in [2.75, 3.05) is 27.2 Å². The standard InChI is InChI=1S/C15H20F2N2O/c1-18(2)14(11-3-5-12(16)6-4-11)15(20)19-9-7-13(17)8-10-19/h3-6,13-14H,7-10H2,1-2H3/t14-/m1/s1. The van der Waals surface area contributed by atoms with Crippen LogP contribution in [-0.2, 0) is 4.79 Å². The maximum absolute atomic E-state index is 13.2. The lowest BCUT2D eigenvalue weighted by atomic mass is 10.0. The largest absolute Gasteiger partial charge is 0.341 e. The average Bonchev–Trinajstić information content (AvgIpc) is 2.41. The third kappa shape index (κ3) is 3.33. The molecule has 1 fully saturated rings. The molecule has 0 N–H and O–H groups in total. The van der Waals surface area contributed by atoms with E-state index in [0.29, 0.717) is 25.9 Å². The highest BCUT2D eigenvalue weighted by Gasteiger charge is 2.30. The minimum absolute atomic E-state index is 0.0477. The Kier molecular flexibility index (Phi) is 4.70. The van der Waals surface area contributed by atoms with Crippen LogP contribution in [0.15, 0.2) is 24.3 Å². The van der Waals surface area contributed by atoms with Crippen molar-refractivity contribution in [1.82, 2.24) is 9.80 Å². The van der Waals surface area contributed by atoms with Crippen LogP contribution in [0.5, 0.6) is 0 Å². The molecule has 0 unspecified atom stereocenters. The van der Waals surface area contributed by atoms with Gasteiger partial charge >= 0.3 is 0 Å². The second-order valence-electron chi connectivity index (χ2n) is 5.42. The van der Waals surface area contributed by atoms with Crippen LogP contribution in [-0.4, -0.2) is 49.1 Å². The van der Waals surface area contributed by atoms with Crippen molar-refractivity contribution in [3.05, 3.63) is 35.6 Å². The molecule has 0 saturated carbocycles. The van der Waals surface area contributed by atoms with Gasteiger partial charge in [-0.25, -0.2) is 8.78 Å². The van der Waals surface area contributed by atoms with Crippen LogP contribution in [0.3, 0.4) is 0 Å². The minimum Gasteiger partial charge on any atom is -0.341 e. The summed E-state index contributed by atoms with van der Waals surface area (Å²) in [6.07, 6.45) is -0.00683. The van der Waals surface area contributed by atoms with Gasteiger partial charge in [0.25, 0.3) is 0 Å². The first-order chi connectivity index (χ1) is 9.49. The molecule has 0 bridgehead atoms. The summed E-state index contributed by atoms with van der Waals surface area (Å²) in [5.41, 5.74) is 0.753. The van der Waals surface area contributed by atoms with Crippen molar-refractivity contribution in [1.29, 1.82) is 0 Å². The highest BCUT2D eigenvalue weighted by Crippen LogP contribution is 2.24. The number of hydrogen-bond donors (Lipinski definition) is 0. The molecular formula is C15H20F2N2O. The van der Waals surface area contributed by atoms with E-state index < -0.39 is 12.2 Å². The minimum atomic E-state index is -0.803. The monoisotopic (exact) mass is 282 g/mol. The van der Waals surface area contributed by atoms with Crippen LogP contribution in [0.1, 0.15) is 24.4 Å². The highest BCUT2D eigenvalue weighted by atomic mass is 19.1. The fraction of sp³-hybridized carbons (Fsp3) is 0.533. The fourth-order valence-corrected chi connectivity index (χ4v) is 2.55. The molecule has 0 aliphatic carbocycles. The van der Waals surface area contributed by atoms with Gasteiger partial charge in [0.05, 0.1) is 0 Å².